The molecule has 1 aromatic carbocycles. The highest BCUT2D eigenvalue weighted by molar-refractivity contribution is 5.51. The number of hydrogen-bond donors (Lipinski definition) is 0. The van der Waals surface area contributed by atoms with Crippen LogP contribution in [0.1, 0.15) is 95.7 Å². The highest BCUT2D eigenvalue weighted by Gasteiger charge is 2.25. The molecular formula is C24H42. The van der Waals surface area contributed by atoms with Crippen molar-refractivity contribution in [2.45, 2.75) is 102 Å². The van der Waals surface area contributed by atoms with Crippen LogP contribution in [0, 0.1) is 37.0 Å². The Bertz CT molecular complexity index is 474. The van der Waals surface area contributed by atoms with E-state index in [1.165, 1.54) is 19.3 Å². The van der Waals surface area contributed by atoms with E-state index in [4.69, 9.17) is 0 Å². The summed E-state index contributed by atoms with van der Waals surface area (Å²) in [5.41, 5.74) is 10.4. The van der Waals surface area contributed by atoms with Crippen molar-refractivity contribution in [3.8, 4) is 0 Å². The van der Waals surface area contributed by atoms with Gasteiger partial charge in [-0.15, -0.1) is 0 Å². The first kappa shape index (κ1) is 21.3. The largest absolute Gasteiger partial charge is 0.0599 e. The van der Waals surface area contributed by atoms with E-state index < -0.39 is 0 Å². The molecule has 0 heteroatoms. The predicted octanol–water partition coefficient (Wildman–Crippen LogP) is 7.38. The minimum absolute atomic E-state index is 0.322. The Kier molecular flexibility index (Phi) is 6.07. The van der Waals surface area contributed by atoms with Crippen LogP contribution in [0.3, 0.4) is 0 Å². The van der Waals surface area contributed by atoms with Gasteiger partial charge in [-0.05, 0) is 89.7 Å². The molecule has 138 valence electrons. The molecule has 0 spiro atoms. The van der Waals surface area contributed by atoms with Crippen molar-refractivity contribution in [2.75, 3.05) is 0 Å². The lowest BCUT2D eigenvalue weighted by atomic mass is 9.74. The molecule has 0 N–H and O–H groups in total. The fourth-order valence-corrected chi connectivity index (χ4v) is 3.78. The first-order valence-corrected chi connectivity index (χ1v) is 9.62. The smallest absolute Gasteiger partial charge is 0.0224 e. The topological polar surface area (TPSA) is 0 Å². The van der Waals surface area contributed by atoms with E-state index in [2.05, 4.69) is 83.1 Å². The van der Waals surface area contributed by atoms with Crippen LogP contribution in [-0.4, -0.2) is 0 Å². The summed E-state index contributed by atoms with van der Waals surface area (Å²) in [5.74, 6) is 0. The zero-order valence-corrected chi connectivity index (χ0v) is 18.6. The quantitative estimate of drug-likeness (QED) is 0.542. The third-order valence-electron chi connectivity index (χ3n) is 4.84. The SMILES string of the molecule is Cc1c(CC(C)(C)C)c(C)c(CC(C)(C)C)c(C)c1CC(C)(C)C. The van der Waals surface area contributed by atoms with Crippen molar-refractivity contribution >= 4 is 0 Å². The van der Waals surface area contributed by atoms with Crippen LogP contribution in [-0.2, 0) is 19.3 Å². The lowest BCUT2D eigenvalue weighted by molar-refractivity contribution is 0.395. The van der Waals surface area contributed by atoms with Gasteiger partial charge in [-0.2, -0.15) is 0 Å². The summed E-state index contributed by atoms with van der Waals surface area (Å²) in [4.78, 5) is 0. The molecule has 0 atom stereocenters. The van der Waals surface area contributed by atoms with Crippen molar-refractivity contribution in [3.05, 3.63) is 33.4 Å². The third kappa shape index (κ3) is 5.94. The van der Waals surface area contributed by atoms with Gasteiger partial charge >= 0.3 is 0 Å². The monoisotopic (exact) mass is 330 g/mol. The average Bonchev–Trinajstić information content (AvgIpc) is 2.32. The molecule has 24 heavy (non-hydrogen) atoms. The van der Waals surface area contributed by atoms with Crippen LogP contribution < -0.4 is 0 Å². The van der Waals surface area contributed by atoms with E-state index in [0.717, 1.165) is 0 Å². The zero-order valence-electron chi connectivity index (χ0n) is 18.6. The molecule has 0 fully saturated rings. The first-order chi connectivity index (χ1) is 10.5. The summed E-state index contributed by atoms with van der Waals surface area (Å²) < 4.78 is 0. The normalized spacial score (nSPS) is 13.5. The molecular weight excluding hydrogens is 288 g/mol. The Morgan fingerprint density at radius 1 is 0.417 bits per heavy atom. The molecule has 0 amide bonds. The molecule has 0 aliphatic carbocycles. The minimum atomic E-state index is 0.322. The Labute approximate surface area is 152 Å². The van der Waals surface area contributed by atoms with Gasteiger partial charge in [0.05, 0.1) is 0 Å². The van der Waals surface area contributed by atoms with Crippen molar-refractivity contribution in [3.63, 3.8) is 0 Å². The third-order valence-corrected chi connectivity index (χ3v) is 4.84. The Morgan fingerprint density at radius 2 is 0.583 bits per heavy atom. The van der Waals surface area contributed by atoms with Gasteiger partial charge < -0.3 is 0 Å². The van der Waals surface area contributed by atoms with Crippen molar-refractivity contribution in [1.82, 2.24) is 0 Å². The number of benzene rings is 1. The predicted molar refractivity (Wildman–Crippen MR) is 110 cm³/mol. The molecule has 0 bridgehead atoms. The van der Waals surface area contributed by atoms with Crippen LogP contribution in [0.2, 0.25) is 0 Å². The minimum Gasteiger partial charge on any atom is -0.0599 e. The summed E-state index contributed by atoms with van der Waals surface area (Å²) in [7, 11) is 0. The second kappa shape index (κ2) is 6.85. The highest BCUT2D eigenvalue weighted by Crippen LogP contribution is 2.37. The van der Waals surface area contributed by atoms with Gasteiger partial charge in [0.1, 0.15) is 0 Å². The van der Waals surface area contributed by atoms with Crippen molar-refractivity contribution < 1.29 is 0 Å². The van der Waals surface area contributed by atoms with Crippen LogP contribution in [0.15, 0.2) is 0 Å². The van der Waals surface area contributed by atoms with E-state index in [9.17, 15) is 0 Å². The lowest BCUT2D eigenvalue weighted by Crippen LogP contribution is -2.20. The molecule has 0 heterocycles. The second-order valence-corrected chi connectivity index (χ2v) is 11.5. The maximum absolute atomic E-state index is 2.36. The molecule has 0 nitrogen and oxygen atoms in total. The fourth-order valence-electron chi connectivity index (χ4n) is 3.78. The molecule has 0 aromatic heterocycles. The molecule has 0 saturated heterocycles. The van der Waals surface area contributed by atoms with Crippen molar-refractivity contribution in [2.24, 2.45) is 16.2 Å². The van der Waals surface area contributed by atoms with Crippen LogP contribution in [0.25, 0.3) is 0 Å². The molecule has 0 aliphatic rings. The molecule has 0 unspecified atom stereocenters. The van der Waals surface area contributed by atoms with Gasteiger partial charge in [0, 0.05) is 0 Å². The van der Waals surface area contributed by atoms with E-state index in [-0.39, 0.29) is 0 Å². The van der Waals surface area contributed by atoms with Crippen molar-refractivity contribution in [1.29, 1.82) is 0 Å². The van der Waals surface area contributed by atoms with Gasteiger partial charge in [0.15, 0.2) is 0 Å². The Morgan fingerprint density at radius 3 is 0.708 bits per heavy atom. The maximum Gasteiger partial charge on any atom is -0.0224 e. The van der Waals surface area contributed by atoms with Gasteiger partial charge in [0.2, 0.25) is 0 Å². The molecule has 0 saturated carbocycles. The second-order valence-electron chi connectivity index (χ2n) is 11.5. The van der Waals surface area contributed by atoms with Crippen LogP contribution in [0.5, 0.6) is 0 Å². The summed E-state index contributed by atoms with van der Waals surface area (Å²) in [5, 5.41) is 0. The van der Waals surface area contributed by atoms with Gasteiger partial charge in [-0.25, -0.2) is 0 Å². The van der Waals surface area contributed by atoms with Gasteiger partial charge in [-0.3, -0.25) is 0 Å². The molecule has 1 rings (SSSR count). The van der Waals surface area contributed by atoms with Gasteiger partial charge in [-0.1, -0.05) is 62.3 Å². The van der Waals surface area contributed by atoms with Crippen LogP contribution >= 0.6 is 0 Å². The highest BCUT2D eigenvalue weighted by atomic mass is 14.3. The Balaban J connectivity index is 3.64. The number of rotatable bonds is 3. The van der Waals surface area contributed by atoms with E-state index in [1.807, 2.05) is 0 Å². The standard InChI is InChI=1S/C24H42/c1-16-19(13-22(4,5)6)17(2)21(15-24(10,11)12)18(3)20(16)14-23(7,8)9/h13-15H2,1-12H3. The summed E-state index contributed by atoms with van der Waals surface area (Å²) in [6.45, 7) is 28.3. The van der Waals surface area contributed by atoms with E-state index in [0.29, 0.717) is 16.2 Å². The average molecular weight is 331 g/mol. The maximum atomic E-state index is 2.36. The summed E-state index contributed by atoms with van der Waals surface area (Å²) in [6, 6.07) is 0. The van der Waals surface area contributed by atoms with E-state index in [1.54, 1.807) is 33.4 Å². The Hall–Kier alpha value is -0.780. The molecule has 0 aliphatic heterocycles. The zero-order chi connectivity index (χ0) is 19.1. The molecule has 1 aromatic rings. The van der Waals surface area contributed by atoms with Crippen LogP contribution in [0.4, 0.5) is 0 Å². The summed E-state index contributed by atoms with van der Waals surface area (Å²) >= 11 is 0. The summed E-state index contributed by atoms with van der Waals surface area (Å²) in [6.07, 6.45) is 3.50. The number of hydrogen-bond acceptors (Lipinski definition) is 0. The molecule has 0 radical (unpaired) electrons. The lowest BCUT2D eigenvalue weighted by Gasteiger charge is -2.31. The first-order valence-electron chi connectivity index (χ1n) is 9.62. The van der Waals surface area contributed by atoms with Gasteiger partial charge in [0.25, 0.3) is 0 Å². The fraction of sp³-hybridized carbons (Fsp3) is 0.750. The van der Waals surface area contributed by atoms with E-state index >= 15 is 0 Å².